The lowest BCUT2D eigenvalue weighted by Crippen LogP contribution is -2.37. The van der Waals surface area contributed by atoms with Gasteiger partial charge in [-0.2, -0.15) is 0 Å². The Hall–Kier alpha value is -1.11. The molecule has 1 aliphatic heterocycles. The summed E-state index contributed by atoms with van der Waals surface area (Å²) in [4.78, 5) is 11.1. The number of ether oxygens (including phenoxy) is 1. The van der Waals surface area contributed by atoms with Crippen molar-refractivity contribution in [3.63, 3.8) is 0 Å². The summed E-state index contributed by atoms with van der Waals surface area (Å²) in [5.41, 5.74) is 7.05. The van der Waals surface area contributed by atoms with E-state index in [0.29, 0.717) is 10.7 Å². The van der Waals surface area contributed by atoms with Gasteiger partial charge in [0.05, 0.1) is 25.1 Å². The first kappa shape index (κ1) is 12.3. The molecule has 0 bridgehead atoms. The quantitative estimate of drug-likeness (QED) is 0.760. The van der Waals surface area contributed by atoms with E-state index in [1.54, 1.807) is 12.4 Å². The summed E-state index contributed by atoms with van der Waals surface area (Å²) >= 11 is 4.88. The minimum atomic E-state index is 0.297. The van der Waals surface area contributed by atoms with E-state index in [2.05, 4.69) is 14.9 Å². The Bertz CT molecular complexity index is 393. The first-order valence-corrected chi connectivity index (χ1v) is 6.07. The molecule has 0 aromatic carbocycles. The van der Waals surface area contributed by atoms with Crippen molar-refractivity contribution >= 4 is 17.2 Å². The van der Waals surface area contributed by atoms with Crippen LogP contribution in [0.5, 0.6) is 0 Å². The summed E-state index contributed by atoms with van der Waals surface area (Å²) in [6.07, 6.45) is 4.23. The molecule has 0 radical (unpaired) electrons. The molecule has 1 aromatic heterocycles. The molecule has 92 valence electrons. The monoisotopic (exact) mass is 252 g/mol. The highest BCUT2D eigenvalue weighted by molar-refractivity contribution is 7.80. The first-order valence-electron chi connectivity index (χ1n) is 5.66. The number of hydrogen-bond acceptors (Lipinski definition) is 5. The normalized spacial score (nSPS) is 16.9. The zero-order valence-electron chi connectivity index (χ0n) is 9.63. The van der Waals surface area contributed by atoms with Gasteiger partial charge in [0.15, 0.2) is 0 Å². The molecule has 1 aromatic rings. The van der Waals surface area contributed by atoms with Gasteiger partial charge in [0, 0.05) is 32.3 Å². The lowest BCUT2D eigenvalue weighted by atomic mass is 10.2. The molecule has 0 spiro atoms. The minimum Gasteiger partial charge on any atom is -0.388 e. The molecular weight excluding hydrogens is 236 g/mol. The summed E-state index contributed by atoms with van der Waals surface area (Å²) in [5.74, 6) is 0. The molecule has 0 unspecified atom stereocenters. The number of aromatic nitrogens is 2. The smallest absolute Gasteiger partial charge is 0.124 e. The molecule has 2 heterocycles. The second-order valence-corrected chi connectivity index (χ2v) is 4.40. The van der Waals surface area contributed by atoms with E-state index in [0.717, 1.165) is 45.0 Å². The highest BCUT2D eigenvalue weighted by Gasteiger charge is 2.10. The summed E-state index contributed by atoms with van der Waals surface area (Å²) in [5, 5.41) is 0. The molecule has 1 fully saturated rings. The van der Waals surface area contributed by atoms with Gasteiger partial charge < -0.3 is 10.5 Å². The van der Waals surface area contributed by atoms with Crippen LogP contribution in [0.2, 0.25) is 0 Å². The van der Waals surface area contributed by atoms with Crippen molar-refractivity contribution in [1.82, 2.24) is 14.9 Å². The van der Waals surface area contributed by atoms with Crippen molar-refractivity contribution in [2.75, 3.05) is 32.8 Å². The van der Waals surface area contributed by atoms with Gasteiger partial charge in [0.25, 0.3) is 0 Å². The molecule has 2 N–H and O–H groups in total. The molecule has 6 heteroatoms. The fourth-order valence-electron chi connectivity index (χ4n) is 1.74. The highest BCUT2D eigenvalue weighted by atomic mass is 32.1. The Morgan fingerprint density at radius 2 is 2.18 bits per heavy atom. The SMILES string of the molecule is NC(=S)c1cncc(CCN2CCOCC2)n1. The molecule has 17 heavy (non-hydrogen) atoms. The van der Waals surface area contributed by atoms with Crippen LogP contribution in [0.1, 0.15) is 11.4 Å². The van der Waals surface area contributed by atoms with Crippen LogP contribution in [0.4, 0.5) is 0 Å². The van der Waals surface area contributed by atoms with Crippen LogP contribution in [0.3, 0.4) is 0 Å². The van der Waals surface area contributed by atoms with Gasteiger partial charge in [-0.3, -0.25) is 9.88 Å². The van der Waals surface area contributed by atoms with Gasteiger partial charge in [-0.05, 0) is 0 Å². The average molecular weight is 252 g/mol. The van der Waals surface area contributed by atoms with E-state index in [9.17, 15) is 0 Å². The van der Waals surface area contributed by atoms with Gasteiger partial charge in [-0.15, -0.1) is 0 Å². The summed E-state index contributed by atoms with van der Waals surface area (Å²) in [6, 6.07) is 0. The van der Waals surface area contributed by atoms with E-state index in [-0.39, 0.29) is 0 Å². The van der Waals surface area contributed by atoms with E-state index in [4.69, 9.17) is 22.7 Å². The zero-order chi connectivity index (χ0) is 12.1. The third kappa shape index (κ3) is 3.69. The van der Waals surface area contributed by atoms with E-state index in [1.807, 2.05) is 0 Å². The number of morpholine rings is 1. The third-order valence-electron chi connectivity index (χ3n) is 2.72. The lowest BCUT2D eigenvalue weighted by Gasteiger charge is -2.26. The van der Waals surface area contributed by atoms with E-state index >= 15 is 0 Å². The third-order valence-corrected chi connectivity index (χ3v) is 2.93. The van der Waals surface area contributed by atoms with Crippen molar-refractivity contribution in [1.29, 1.82) is 0 Å². The van der Waals surface area contributed by atoms with Gasteiger partial charge in [-0.25, -0.2) is 4.98 Å². The van der Waals surface area contributed by atoms with E-state index < -0.39 is 0 Å². The molecule has 0 atom stereocenters. The van der Waals surface area contributed by atoms with Crippen LogP contribution >= 0.6 is 12.2 Å². The maximum Gasteiger partial charge on any atom is 0.124 e. The molecular formula is C11H16N4OS. The molecule has 0 amide bonds. The van der Waals surface area contributed by atoms with Crippen LogP contribution in [-0.4, -0.2) is 52.7 Å². The predicted octanol–water partition coefficient (Wildman–Crippen LogP) is -0.0145. The molecule has 1 aliphatic rings. The molecule has 0 saturated carbocycles. The molecule has 5 nitrogen and oxygen atoms in total. The highest BCUT2D eigenvalue weighted by Crippen LogP contribution is 2.02. The number of nitrogens with two attached hydrogens (primary N) is 1. The lowest BCUT2D eigenvalue weighted by molar-refractivity contribution is 0.0383. The second-order valence-electron chi connectivity index (χ2n) is 3.96. The number of thiocarbonyl (C=S) groups is 1. The Labute approximate surface area is 106 Å². The predicted molar refractivity (Wildman–Crippen MR) is 68.9 cm³/mol. The van der Waals surface area contributed by atoms with Crippen LogP contribution < -0.4 is 5.73 Å². The fourth-order valence-corrected chi connectivity index (χ4v) is 1.84. The van der Waals surface area contributed by atoms with Crippen LogP contribution in [0.15, 0.2) is 12.4 Å². The van der Waals surface area contributed by atoms with Crippen LogP contribution in [0.25, 0.3) is 0 Å². The minimum absolute atomic E-state index is 0.297. The maximum absolute atomic E-state index is 5.52. The van der Waals surface area contributed by atoms with Crippen LogP contribution in [0, 0.1) is 0 Å². The second kappa shape index (κ2) is 6.00. The number of rotatable bonds is 4. The Kier molecular flexibility index (Phi) is 4.36. The number of hydrogen-bond donors (Lipinski definition) is 1. The average Bonchev–Trinajstić information content (AvgIpc) is 2.38. The maximum atomic E-state index is 5.52. The Morgan fingerprint density at radius 3 is 2.88 bits per heavy atom. The standard InChI is InChI=1S/C11H16N4OS/c12-11(17)10-8-13-7-9(14-10)1-2-15-3-5-16-6-4-15/h7-8H,1-6H2,(H2,12,17). The molecule has 2 rings (SSSR count). The summed E-state index contributed by atoms with van der Waals surface area (Å²) in [6.45, 7) is 4.58. The molecule has 0 aliphatic carbocycles. The van der Waals surface area contributed by atoms with Crippen molar-refractivity contribution in [2.45, 2.75) is 6.42 Å². The van der Waals surface area contributed by atoms with E-state index in [1.165, 1.54) is 0 Å². The van der Waals surface area contributed by atoms with Crippen molar-refractivity contribution < 1.29 is 4.74 Å². The van der Waals surface area contributed by atoms with Crippen molar-refractivity contribution in [3.05, 3.63) is 23.8 Å². The summed E-state index contributed by atoms with van der Waals surface area (Å²) < 4.78 is 5.30. The van der Waals surface area contributed by atoms with Crippen LogP contribution in [-0.2, 0) is 11.2 Å². The zero-order valence-corrected chi connectivity index (χ0v) is 10.4. The Balaban J connectivity index is 1.89. The molecule has 1 saturated heterocycles. The number of nitrogens with zero attached hydrogens (tertiary/aromatic N) is 3. The first-order chi connectivity index (χ1) is 8.25. The Morgan fingerprint density at radius 1 is 1.41 bits per heavy atom. The van der Waals surface area contributed by atoms with Gasteiger partial charge >= 0.3 is 0 Å². The van der Waals surface area contributed by atoms with Gasteiger partial charge in [-0.1, -0.05) is 12.2 Å². The topological polar surface area (TPSA) is 64.3 Å². The fraction of sp³-hybridized carbons (Fsp3) is 0.545. The van der Waals surface area contributed by atoms with Crippen molar-refractivity contribution in [3.8, 4) is 0 Å². The van der Waals surface area contributed by atoms with Gasteiger partial charge in [0.1, 0.15) is 10.7 Å². The summed E-state index contributed by atoms with van der Waals surface area (Å²) in [7, 11) is 0. The van der Waals surface area contributed by atoms with Gasteiger partial charge in [0.2, 0.25) is 0 Å². The largest absolute Gasteiger partial charge is 0.388 e. The van der Waals surface area contributed by atoms with Crippen molar-refractivity contribution in [2.24, 2.45) is 5.73 Å².